The molecule has 0 aliphatic heterocycles. The van der Waals surface area contributed by atoms with Crippen molar-refractivity contribution in [3.05, 3.63) is 35.4 Å². The number of halogens is 3. The fourth-order valence-electron chi connectivity index (χ4n) is 1.43. The van der Waals surface area contributed by atoms with Crippen LogP contribution in [-0.4, -0.2) is 12.6 Å². The normalized spacial score (nSPS) is 11.1. The molecule has 100 valence electrons. The smallest absolute Gasteiger partial charge is 0.338 e. The number of amides is 2. The number of benzene rings is 1. The van der Waals surface area contributed by atoms with Gasteiger partial charge >= 0.3 is 12.2 Å². The quantitative estimate of drug-likeness (QED) is 0.858. The molecule has 1 rings (SSSR count). The number of carbonyl (C=O) groups is 1. The van der Waals surface area contributed by atoms with Crippen LogP contribution in [-0.2, 0) is 12.7 Å². The van der Waals surface area contributed by atoms with Gasteiger partial charge in [-0.3, -0.25) is 0 Å². The fourth-order valence-corrected chi connectivity index (χ4v) is 1.43. The van der Waals surface area contributed by atoms with Crippen LogP contribution in [0, 0.1) is 0 Å². The van der Waals surface area contributed by atoms with E-state index in [4.69, 9.17) is 0 Å². The van der Waals surface area contributed by atoms with Gasteiger partial charge in [-0.25, -0.2) is 4.79 Å². The standard InChI is InChI=1S/C12H15F3N2O/c1-2-7-16-11(18)17-8-9-5-3-4-6-10(9)12(13,14)15/h3-6H,2,7-8H2,1H3,(H2,16,17,18). The SMILES string of the molecule is CCCNC(=O)NCc1ccccc1C(F)(F)F. The first-order valence-electron chi connectivity index (χ1n) is 5.62. The van der Waals surface area contributed by atoms with Gasteiger partial charge in [0.15, 0.2) is 0 Å². The molecule has 0 aromatic heterocycles. The highest BCUT2D eigenvalue weighted by Crippen LogP contribution is 2.31. The molecule has 0 aliphatic rings. The van der Waals surface area contributed by atoms with Gasteiger partial charge in [-0.15, -0.1) is 0 Å². The lowest BCUT2D eigenvalue weighted by Crippen LogP contribution is -2.35. The van der Waals surface area contributed by atoms with Crippen molar-refractivity contribution >= 4 is 6.03 Å². The third-order valence-corrected chi connectivity index (χ3v) is 2.30. The summed E-state index contributed by atoms with van der Waals surface area (Å²) in [5.74, 6) is 0. The highest BCUT2D eigenvalue weighted by atomic mass is 19.4. The molecule has 18 heavy (non-hydrogen) atoms. The summed E-state index contributed by atoms with van der Waals surface area (Å²) in [4.78, 5) is 11.2. The number of rotatable bonds is 4. The highest BCUT2D eigenvalue weighted by Gasteiger charge is 2.32. The maximum absolute atomic E-state index is 12.6. The molecule has 0 saturated heterocycles. The van der Waals surface area contributed by atoms with Crippen LogP contribution in [0.1, 0.15) is 24.5 Å². The second kappa shape index (κ2) is 6.28. The van der Waals surface area contributed by atoms with E-state index in [9.17, 15) is 18.0 Å². The van der Waals surface area contributed by atoms with Crippen molar-refractivity contribution in [1.29, 1.82) is 0 Å². The van der Waals surface area contributed by atoms with Gasteiger partial charge < -0.3 is 10.6 Å². The molecule has 0 aliphatic carbocycles. The molecule has 2 amide bonds. The van der Waals surface area contributed by atoms with Crippen LogP contribution in [0.15, 0.2) is 24.3 Å². The lowest BCUT2D eigenvalue weighted by molar-refractivity contribution is -0.138. The molecule has 3 nitrogen and oxygen atoms in total. The van der Waals surface area contributed by atoms with Crippen molar-refractivity contribution in [2.45, 2.75) is 26.1 Å². The summed E-state index contributed by atoms with van der Waals surface area (Å²) in [6.07, 6.45) is -3.63. The average Bonchev–Trinajstić information content (AvgIpc) is 2.33. The van der Waals surface area contributed by atoms with Gasteiger partial charge in [0, 0.05) is 13.1 Å². The first kappa shape index (κ1) is 14.3. The second-order valence-corrected chi connectivity index (χ2v) is 3.76. The van der Waals surface area contributed by atoms with Crippen LogP contribution in [0.25, 0.3) is 0 Å². The molecule has 0 saturated carbocycles. The molecule has 0 unspecified atom stereocenters. The van der Waals surface area contributed by atoms with Crippen molar-refractivity contribution in [2.75, 3.05) is 6.54 Å². The van der Waals surface area contributed by atoms with E-state index in [0.29, 0.717) is 6.54 Å². The molecule has 0 spiro atoms. The number of hydrogen-bond acceptors (Lipinski definition) is 1. The van der Waals surface area contributed by atoms with E-state index in [-0.39, 0.29) is 12.1 Å². The van der Waals surface area contributed by atoms with Crippen molar-refractivity contribution in [3.8, 4) is 0 Å². The van der Waals surface area contributed by atoms with Gasteiger partial charge in [0.1, 0.15) is 0 Å². The van der Waals surface area contributed by atoms with E-state index < -0.39 is 17.8 Å². The maximum atomic E-state index is 12.6. The third-order valence-electron chi connectivity index (χ3n) is 2.30. The van der Waals surface area contributed by atoms with Crippen molar-refractivity contribution < 1.29 is 18.0 Å². The van der Waals surface area contributed by atoms with Gasteiger partial charge in [0.2, 0.25) is 0 Å². The molecule has 0 heterocycles. The molecule has 0 fully saturated rings. The maximum Gasteiger partial charge on any atom is 0.416 e. The molecule has 1 aromatic carbocycles. The zero-order valence-electron chi connectivity index (χ0n) is 9.97. The monoisotopic (exact) mass is 260 g/mol. The zero-order chi connectivity index (χ0) is 13.6. The zero-order valence-corrected chi connectivity index (χ0v) is 9.97. The second-order valence-electron chi connectivity index (χ2n) is 3.76. The number of nitrogens with one attached hydrogen (secondary N) is 2. The van der Waals surface area contributed by atoms with Crippen molar-refractivity contribution in [1.82, 2.24) is 10.6 Å². The molecule has 1 aromatic rings. The van der Waals surface area contributed by atoms with Crippen LogP contribution >= 0.6 is 0 Å². The number of urea groups is 1. The predicted molar refractivity (Wildman–Crippen MR) is 62.0 cm³/mol. The van der Waals surface area contributed by atoms with Gasteiger partial charge in [0.25, 0.3) is 0 Å². The molecular weight excluding hydrogens is 245 g/mol. The van der Waals surface area contributed by atoms with E-state index in [0.717, 1.165) is 12.5 Å². The summed E-state index contributed by atoms with van der Waals surface area (Å²) >= 11 is 0. The van der Waals surface area contributed by atoms with Crippen LogP contribution < -0.4 is 10.6 Å². The lowest BCUT2D eigenvalue weighted by atomic mass is 10.1. The Kier molecular flexibility index (Phi) is 5.00. The number of hydrogen-bond donors (Lipinski definition) is 2. The fraction of sp³-hybridized carbons (Fsp3) is 0.417. The van der Waals surface area contributed by atoms with E-state index in [1.807, 2.05) is 6.92 Å². The van der Waals surface area contributed by atoms with E-state index in [2.05, 4.69) is 10.6 Å². The first-order chi connectivity index (χ1) is 8.45. The van der Waals surface area contributed by atoms with Crippen LogP contribution in [0.5, 0.6) is 0 Å². The van der Waals surface area contributed by atoms with Crippen molar-refractivity contribution in [2.24, 2.45) is 0 Å². The minimum absolute atomic E-state index is 0.0525. The van der Waals surface area contributed by atoms with Crippen LogP contribution in [0.2, 0.25) is 0 Å². The Balaban J connectivity index is 2.65. The summed E-state index contributed by atoms with van der Waals surface area (Å²) in [7, 11) is 0. The predicted octanol–water partition coefficient (Wildman–Crippen LogP) is 2.91. The summed E-state index contributed by atoms with van der Waals surface area (Å²) in [6, 6.07) is 4.72. The number of alkyl halides is 3. The Hall–Kier alpha value is -1.72. The molecule has 0 atom stereocenters. The Labute approximate surface area is 103 Å². The molecule has 0 radical (unpaired) electrons. The minimum atomic E-state index is -4.40. The first-order valence-corrected chi connectivity index (χ1v) is 5.62. The Morgan fingerprint density at radius 2 is 1.89 bits per heavy atom. The van der Waals surface area contributed by atoms with Gasteiger partial charge in [-0.05, 0) is 18.1 Å². The van der Waals surface area contributed by atoms with E-state index >= 15 is 0 Å². The summed E-state index contributed by atoms with van der Waals surface area (Å²) < 4.78 is 37.9. The van der Waals surface area contributed by atoms with E-state index in [1.165, 1.54) is 18.2 Å². The number of carbonyl (C=O) groups excluding carboxylic acids is 1. The molecule has 2 N–H and O–H groups in total. The average molecular weight is 260 g/mol. The molecule has 6 heteroatoms. The summed E-state index contributed by atoms with van der Waals surface area (Å²) in [6.45, 7) is 2.23. The van der Waals surface area contributed by atoms with Crippen LogP contribution in [0.3, 0.4) is 0 Å². The minimum Gasteiger partial charge on any atom is -0.338 e. The van der Waals surface area contributed by atoms with Gasteiger partial charge in [0.05, 0.1) is 5.56 Å². The Morgan fingerprint density at radius 3 is 2.50 bits per heavy atom. The molecule has 0 bridgehead atoms. The highest BCUT2D eigenvalue weighted by molar-refractivity contribution is 5.73. The summed E-state index contributed by atoms with van der Waals surface area (Å²) in [5, 5.41) is 4.93. The lowest BCUT2D eigenvalue weighted by Gasteiger charge is -2.13. The van der Waals surface area contributed by atoms with E-state index in [1.54, 1.807) is 0 Å². The Morgan fingerprint density at radius 1 is 1.22 bits per heavy atom. The van der Waals surface area contributed by atoms with Crippen LogP contribution in [0.4, 0.5) is 18.0 Å². The van der Waals surface area contributed by atoms with Crippen molar-refractivity contribution in [3.63, 3.8) is 0 Å². The van der Waals surface area contributed by atoms with Gasteiger partial charge in [-0.1, -0.05) is 25.1 Å². The molecular formula is C12H15F3N2O. The van der Waals surface area contributed by atoms with Gasteiger partial charge in [-0.2, -0.15) is 13.2 Å². The summed E-state index contributed by atoms with van der Waals surface area (Å²) in [5.41, 5.74) is -0.669. The third kappa shape index (κ3) is 4.27. The largest absolute Gasteiger partial charge is 0.416 e. The topological polar surface area (TPSA) is 41.1 Å². The Bertz CT molecular complexity index is 405.